The van der Waals surface area contributed by atoms with Gasteiger partial charge in [0, 0.05) is 49.9 Å². The highest BCUT2D eigenvalue weighted by atomic mass is 19.1. The van der Waals surface area contributed by atoms with E-state index in [0.717, 1.165) is 51.2 Å². The molecule has 28 heavy (non-hydrogen) atoms. The third-order valence-corrected chi connectivity index (χ3v) is 5.95. The zero-order chi connectivity index (χ0) is 18.9. The first-order valence-electron chi connectivity index (χ1n) is 9.99. The average Bonchev–Trinajstić information content (AvgIpc) is 3.17. The second-order valence-electron chi connectivity index (χ2n) is 7.77. The second-order valence-corrected chi connectivity index (χ2v) is 7.77. The molecule has 0 radical (unpaired) electrons. The minimum absolute atomic E-state index is 0.125. The zero-order valence-corrected chi connectivity index (χ0v) is 15.7. The summed E-state index contributed by atoms with van der Waals surface area (Å²) in [5, 5.41) is 8.79. The number of halogens is 1. The van der Waals surface area contributed by atoms with Gasteiger partial charge in [0.15, 0.2) is 11.6 Å². The lowest BCUT2D eigenvalue weighted by atomic mass is 9.89. The van der Waals surface area contributed by atoms with Crippen LogP contribution in [0.4, 0.5) is 10.3 Å². The Balaban J connectivity index is 1.38. The molecule has 1 unspecified atom stereocenters. The minimum Gasteiger partial charge on any atom is -0.378 e. The molecule has 0 spiro atoms. The molecule has 7 nitrogen and oxygen atoms in total. The molecule has 2 fully saturated rings. The molecule has 3 aliphatic heterocycles. The molecule has 4 aliphatic rings. The fourth-order valence-corrected chi connectivity index (χ4v) is 4.49. The lowest BCUT2D eigenvalue weighted by molar-refractivity contribution is -0.107. The van der Waals surface area contributed by atoms with Gasteiger partial charge in [0.25, 0.3) is 0 Å². The quantitative estimate of drug-likeness (QED) is 0.823. The maximum Gasteiger partial charge on any atom is 0.224 e. The van der Waals surface area contributed by atoms with Crippen molar-refractivity contribution < 1.29 is 9.23 Å². The van der Waals surface area contributed by atoms with Gasteiger partial charge < -0.3 is 15.5 Å². The summed E-state index contributed by atoms with van der Waals surface area (Å²) in [5.74, 6) is 1.21. The number of hydrogen-bond acceptors (Lipinski definition) is 7. The van der Waals surface area contributed by atoms with E-state index in [0.29, 0.717) is 17.9 Å². The van der Waals surface area contributed by atoms with Crippen molar-refractivity contribution in [2.45, 2.75) is 31.5 Å². The van der Waals surface area contributed by atoms with Crippen molar-refractivity contribution in [3.63, 3.8) is 0 Å². The summed E-state index contributed by atoms with van der Waals surface area (Å²) in [4.78, 5) is 16.9. The summed E-state index contributed by atoms with van der Waals surface area (Å²) >= 11 is 0. The first kappa shape index (κ1) is 17.6. The Morgan fingerprint density at radius 3 is 3.04 bits per heavy atom. The number of nitrogens with one attached hydrogen (secondary N) is 2. The molecule has 1 aliphatic carbocycles. The van der Waals surface area contributed by atoms with E-state index >= 15 is 0 Å². The van der Waals surface area contributed by atoms with Gasteiger partial charge in [-0.05, 0) is 25.3 Å². The lowest BCUT2D eigenvalue weighted by Gasteiger charge is -2.45. The van der Waals surface area contributed by atoms with E-state index in [9.17, 15) is 4.39 Å². The third-order valence-electron chi connectivity index (χ3n) is 5.95. The fourth-order valence-electron chi connectivity index (χ4n) is 4.49. The zero-order valence-electron chi connectivity index (χ0n) is 15.7. The van der Waals surface area contributed by atoms with E-state index < -0.39 is 5.82 Å². The number of rotatable bonds is 4. The summed E-state index contributed by atoms with van der Waals surface area (Å²) in [6, 6.07) is 0.611. The first-order valence-corrected chi connectivity index (χ1v) is 9.99. The van der Waals surface area contributed by atoms with Crippen LogP contribution in [0.2, 0.25) is 0 Å². The van der Waals surface area contributed by atoms with Gasteiger partial charge in [-0.3, -0.25) is 4.90 Å². The van der Waals surface area contributed by atoms with Crippen LogP contribution in [0.1, 0.15) is 19.3 Å². The van der Waals surface area contributed by atoms with Crippen molar-refractivity contribution in [1.29, 1.82) is 0 Å². The number of hydroxylamine groups is 2. The number of fused-ring (bicyclic) bond motifs is 2. The van der Waals surface area contributed by atoms with Crippen molar-refractivity contribution in [1.82, 2.24) is 25.2 Å². The lowest BCUT2D eigenvalue weighted by Crippen LogP contribution is -2.58. The molecular formula is C20H25FN6O. The van der Waals surface area contributed by atoms with Gasteiger partial charge in [0.1, 0.15) is 6.17 Å². The van der Waals surface area contributed by atoms with Crippen molar-refractivity contribution in [2.24, 2.45) is 5.92 Å². The van der Waals surface area contributed by atoms with E-state index in [2.05, 4.69) is 37.8 Å². The molecular weight excluding hydrogens is 359 g/mol. The van der Waals surface area contributed by atoms with Crippen LogP contribution < -0.4 is 10.6 Å². The Morgan fingerprint density at radius 1 is 1.29 bits per heavy atom. The largest absolute Gasteiger partial charge is 0.378 e. The predicted molar refractivity (Wildman–Crippen MR) is 103 cm³/mol. The van der Waals surface area contributed by atoms with Gasteiger partial charge in [-0.2, -0.15) is 5.06 Å². The standard InChI is InChI=1S/C20H25FN6O/c21-16-9-23-20(24-10-16)25-19(27-13-14-3-1-2-4-18(14)28-27)15-5-6-17-11-22-7-8-26(17)12-15/h1-2,4,9-10,13,15,17,19,22H,3,5-8,11-12H2,(H,23,24,25)/t15-,17+,19?/m1/s1. The van der Waals surface area contributed by atoms with Crippen molar-refractivity contribution in [3.05, 3.63) is 54.0 Å². The van der Waals surface area contributed by atoms with Crippen molar-refractivity contribution in [3.8, 4) is 0 Å². The SMILES string of the molecule is Fc1cnc(NC([C@@H]2CC[C@H]3CNCCN3C2)N2C=C3CC=CC=C3O2)nc1. The molecule has 2 saturated heterocycles. The second kappa shape index (κ2) is 7.52. The van der Waals surface area contributed by atoms with E-state index in [4.69, 9.17) is 4.84 Å². The van der Waals surface area contributed by atoms with Crippen LogP contribution in [-0.4, -0.2) is 58.3 Å². The maximum atomic E-state index is 13.2. The summed E-state index contributed by atoms with van der Waals surface area (Å²) in [5.41, 5.74) is 1.17. The normalized spacial score (nSPS) is 28.0. The molecule has 4 heterocycles. The molecule has 5 rings (SSSR count). The minimum atomic E-state index is -0.440. The number of piperazine rings is 1. The number of allylic oxidation sites excluding steroid dienone is 4. The van der Waals surface area contributed by atoms with Gasteiger partial charge in [-0.25, -0.2) is 14.4 Å². The molecule has 0 amide bonds. The Labute approximate surface area is 163 Å². The number of aromatic nitrogens is 2. The van der Waals surface area contributed by atoms with E-state index in [1.54, 1.807) is 0 Å². The molecule has 0 aromatic carbocycles. The highest BCUT2D eigenvalue weighted by Gasteiger charge is 2.38. The molecule has 3 atom stereocenters. The topological polar surface area (TPSA) is 65.6 Å². The Kier molecular flexibility index (Phi) is 4.74. The fraction of sp³-hybridized carbons (Fsp3) is 0.500. The monoisotopic (exact) mass is 384 g/mol. The van der Waals surface area contributed by atoms with E-state index in [1.165, 1.54) is 18.0 Å². The Bertz CT molecular complexity index is 807. The van der Waals surface area contributed by atoms with Gasteiger partial charge in [0.2, 0.25) is 5.95 Å². The van der Waals surface area contributed by atoms with Gasteiger partial charge in [0.05, 0.1) is 12.4 Å². The highest BCUT2D eigenvalue weighted by molar-refractivity contribution is 5.37. The number of anilines is 1. The average molecular weight is 384 g/mol. The molecule has 1 aromatic heterocycles. The number of hydrogen-bond donors (Lipinski definition) is 2. The third kappa shape index (κ3) is 3.49. The molecule has 0 saturated carbocycles. The van der Waals surface area contributed by atoms with Crippen LogP contribution in [0.15, 0.2) is 48.2 Å². The van der Waals surface area contributed by atoms with Crippen LogP contribution in [0, 0.1) is 11.7 Å². The van der Waals surface area contributed by atoms with Crippen molar-refractivity contribution >= 4 is 5.95 Å². The molecule has 1 aromatic rings. The number of nitrogens with zero attached hydrogens (tertiary/aromatic N) is 4. The molecule has 148 valence electrons. The van der Waals surface area contributed by atoms with Crippen molar-refractivity contribution in [2.75, 3.05) is 31.5 Å². The van der Waals surface area contributed by atoms with Crippen LogP contribution in [0.25, 0.3) is 0 Å². The predicted octanol–water partition coefficient (Wildman–Crippen LogP) is 2.01. The maximum absolute atomic E-state index is 13.2. The molecule has 8 heteroatoms. The van der Waals surface area contributed by atoms with Gasteiger partial charge in [-0.1, -0.05) is 12.2 Å². The van der Waals surface area contributed by atoms with E-state index in [-0.39, 0.29) is 6.17 Å². The number of piperidine rings is 1. The Morgan fingerprint density at radius 2 is 2.18 bits per heavy atom. The van der Waals surface area contributed by atoms with Gasteiger partial charge in [-0.15, -0.1) is 0 Å². The van der Waals surface area contributed by atoms with Crippen LogP contribution in [-0.2, 0) is 4.84 Å². The summed E-state index contributed by atoms with van der Waals surface area (Å²) < 4.78 is 13.2. The summed E-state index contributed by atoms with van der Waals surface area (Å²) in [7, 11) is 0. The summed E-state index contributed by atoms with van der Waals surface area (Å²) in [6.07, 6.45) is 13.6. The van der Waals surface area contributed by atoms with Gasteiger partial charge >= 0.3 is 0 Å². The van der Waals surface area contributed by atoms with Crippen LogP contribution in [0.3, 0.4) is 0 Å². The Hall–Kier alpha value is -2.45. The highest BCUT2D eigenvalue weighted by Crippen LogP contribution is 2.34. The van der Waals surface area contributed by atoms with E-state index in [1.807, 2.05) is 17.2 Å². The van der Waals surface area contributed by atoms with Crippen LogP contribution >= 0.6 is 0 Å². The van der Waals surface area contributed by atoms with Crippen LogP contribution in [0.5, 0.6) is 0 Å². The molecule has 2 N–H and O–H groups in total. The molecule has 0 bridgehead atoms. The summed E-state index contributed by atoms with van der Waals surface area (Å²) in [6.45, 7) is 4.16. The first-order chi connectivity index (χ1) is 13.8. The smallest absolute Gasteiger partial charge is 0.224 e.